The first kappa shape index (κ1) is 11.9. The average Bonchev–Trinajstić information content (AvgIpc) is 2.73. The van der Waals surface area contributed by atoms with Crippen molar-refractivity contribution in [2.75, 3.05) is 0 Å². The smallest absolute Gasteiger partial charge is 0.152 e. The van der Waals surface area contributed by atoms with Gasteiger partial charge in [0.05, 0.1) is 0 Å². The number of nitrogens with zero attached hydrogens (tertiary/aromatic N) is 2. The predicted octanol–water partition coefficient (Wildman–Crippen LogP) is 2.20. The maximum atomic E-state index is 6.62. The number of aromatic amines is 1. The minimum absolute atomic E-state index is 0.246. The number of hydrogen-bond donors (Lipinski definition) is 2. The van der Waals surface area contributed by atoms with Crippen molar-refractivity contribution < 1.29 is 0 Å². The molecule has 0 spiro atoms. The molecule has 4 aliphatic carbocycles. The standard InChI is InChI=1S/C15H24N4/c1-9-17-14(19-18-9)5-13(16)15-6-10-2-11(7-15)4-12(3-10)8-15/h10-13H,2-8,16H2,1H3,(H,17,18,19). The van der Waals surface area contributed by atoms with Gasteiger partial charge in [-0.3, -0.25) is 5.10 Å². The first-order valence-electron chi connectivity index (χ1n) is 7.76. The topological polar surface area (TPSA) is 67.6 Å². The molecular weight excluding hydrogens is 236 g/mol. The van der Waals surface area contributed by atoms with E-state index in [-0.39, 0.29) is 6.04 Å². The number of H-pyrrole nitrogens is 1. The molecule has 4 heteroatoms. The van der Waals surface area contributed by atoms with Gasteiger partial charge >= 0.3 is 0 Å². The van der Waals surface area contributed by atoms with Crippen LogP contribution in [0.5, 0.6) is 0 Å². The summed E-state index contributed by atoms with van der Waals surface area (Å²) in [7, 11) is 0. The van der Waals surface area contributed by atoms with Gasteiger partial charge in [0.2, 0.25) is 0 Å². The van der Waals surface area contributed by atoms with Crippen molar-refractivity contribution in [2.24, 2.45) is 28.9 Å². The summed E-state index contributed by atoms with van der Waals surface area (Å²) in [6.07, 6.45) is 9.37. The van der Waals surface area contributed by atoms with Crippen molar-refractivity contribution in [3.8, 4) is 0 Å². The molecule has 1 unspecified atom stereocenters. The van der Waals surface area contributed by atoms with Crippen LogP contribution in [0, 0.1) is 30.1 Å². The SMILES string of the molecule is Cc1nc(CC(N)C23CC4CC(CC(C4)C2)C3)n[nH]1. The predicted molar refractivity (Wildman–Crippen MR) is 73.4 cm³/mol. The van der Waals surface area contributed by atoms with Crippen LogP contribution in [0.25, 0.3) is 0 Å². The number of hydrogen-bond acceptors (Lipinski definition) is 3. The van der Waals surface area contributed by atoms with E-state index in [9.17, 15) is 0 Å². The molecule has 4 fully saturated rings. The summed E-state index contributed by atoms with van der Waals surface area (Å²) in [6, 6.07) is 0.246. The van der Waals surface area contributed by atoms with E-state index >= 15 is 0 Å². The zero-order valence-electron chi connectivity index (χ0n) is 11.7. The van der Waals surface area contributed by atoms with Crippen LogP contribution in [0.4, 0.5) is 0 Å². The van der Waals surface area contributed by atoms with E-state index in [0.29, 0.717) is 5.41 Å². The highest BCUT2D eigenvalue weighted by molar-refractivity contribution is 5.07. The molecular formula is C15H24N4. The third-order valence-corrected chi connectivity index (χ3v) is 5.92. The fourth-order valence-corrected chi connectivity index (χ4v) is 5.53. The Kier molecular flexibility index (Phi) is 2.53. The molecule has 5 rings (SSSR count). The van der Waals surface area contributed by atoms with Crippen molar-refractivity contribution in [1.82, 2.24) is 15.2 Å². The minimum atomic E-state index is 0.246. The molecule has 1 aromatic rings. The fourth-order valence-electron chi connectivity index (χ4n) is 5.53. The van der Waals surface area contributed by atoms with Gasteiger partial charge in [0.25, 0.3) is 0 Å². The van der Waals surface area contributed by atoms with Gasteiger partial charge in [-0.25, -0.2) is 4.98 Å². The molecule has 0 saturated heterocycles. The number of aromatic nitrogens is 3. The summed E-state index contributed by atoms with van der Waals surface area (Å²) in [4.78, 5) is 4.43. The lowest BCUT2D eigenvalue weighted by molar-refractivity contribution is -0.0670. The molecule has 4 bridgehead atoms. The van der Waals surface area contributed by atoms with Crippen LogP contribution in [0.3, 0.4) is 0 Å². The summed E-state index contributed by atoms with van der Waals surface area (Å²) in [5.74, 6) is 4.69. The summed E-state index contributed by atoms with van der Waals surface area (Å²) in [6.45, 7) is 1.95. The van der Waals surface area contributed by atoms with E-state index in [0.717, 1.165) is 35.8 Å². The lowest BCUT2D eigenvalue weighted by Gasteiger charge is -2.58. The van der Waals surface area contributed by atoms with E-state index in [1.54, 1.807) is 0 Å². The number of aryl methyl sites for hydroxylation is 1. The normalized spacial score (nSPS) is 41.7. The van der Waals surface area contributed by atoms with E-state index in [4.69, 9.17) is 5.73 Å². The molecule has 4 saturated carbocycles. The Balaban J connectivity index is 1.54. The second-order valence-corrected chi connectivity index (χ2v) is 7.43. The molecule has 1 atom stereocenters. The van der Waals surface area contributed by atoms with Crippen LogP contribution >= 0.6 is 0 Å². The van der Waals surface area contributed by atoms with Crippen molar-refractivity contribution in [3.05, 3.63) is 11.6 Å². The molecule has 1 aromatic heterocycles. The monoisotopic (exact) mass is 260 g/mol. The summed E-state index contributed by atoms with van der Waals surface area (Å²) < 4.78 is 0. The van der Waals surface area contributed by atoms with Crippen molar-refractivity contribution in [1.29, 1.82) is 0 Å². The van der Waals surface area contributed by atoms with Gasteiger partial charge in [-0.05, 0) is 68.6 Å². The Morgan fingerprint density at radius 1 is 1.21 bits per heavy atom. The molecule has 104 valence electrons. The van der Waals surface area contributed by atoms with Crippen LogP contribution in [0.2, 0.25) is 0 Å². The zero-order valence-corrected chi connectivity index (χ0v) is 11.7. The molecule has 0 aromatic carbocycles. The highest BCUT2D eigenvalue weighted by Gasteiger charge is 2.53. The average molecular weight is 260 g/mol. The third kappa shape index (κ3) is 1.92. The largest absolute Gasteiger partial charge is 0.327 e. The van der Waals surface area contributed by atoms with Crippen molar-refractivity contribution >= 4 is 0 Å². The molecule has 3 N–H and O–H groups in total. The van der Waals surface area contributed by atoms with Gasteiger partial charge in [-0.1, -0.05) is 0 Å². The molecule has 4 aliphatic rings. The quantitative estimate of drug-likeness (QED) is 0.875. The first-order chi connectivity index (χ1) is 9.13. The lowest BCUT2D eigenvalue weighted by Crippen LogP contribution is -2.55. The lowest BCUT2D eigenvalue weighted by atomic mass is 9.47. The molecule has 1 heterocycles. The number of nitrogens with one attached hydrogen (secondary N) is 1. The highest BCUT2D eigenvalue weighted by atomic mass is 15.2. The van der Waals surface area contributed by atoms with Crippen LogP contribution in [0.15, 0.2) is 0 Å². The van der Waals surface area contributed by atoms with Gasteiger partial charge in [-0.2, -0.15) is 5.10 Å². The maximum Gasteiger partial charge on any atom is 0.152 e. The van der Waals surface area contributed by atoms with Gasteiger partial charge in [0.1, 0.15) is 5.82 Å². The first-order valence-corrected chi connectivity index (χ1v) is 7.76. The van der Waals surface area contributed by atoms with Gasteiger partial charge in [-0.15, -0.1) is 0 Å². The highest BCUT2D eigenvalue weighted by Crippen LogP contribution is 2.61. The second kappa shape index (κ2) is 4.05. The Morgan fingerprint density at radius 2 is 1.79 bits per heavy atom. The van der Waals surface area contributed by atoms with E-state index < -0.39 is 0 Å². The van der Waals surface area contributed by atoms with E-state index in [2.05, 4.69) is 15.2 Å². The minimum Gasteiger partial charge on any atom is -0.327 e. The Hall–Kier alpha value is -0.900. The second-order valence-electron chi connectivity index (χ2n) is 7.43. The van der Waals surface area contributed by atoms with Crippen LogP contribution in [0.1, 0.15) is 50.2 Å². The zero-order chi connectivity index (χ0) is 13.0. The molecule has 19 heavy (non-hydrogen) atoms. The fraction of sp³-hybridized carbons (Fsp3) is 0.867. The number of nitrogens with two attached hydrogens (primary N) is 1. The van der Waals surface area contributed by atoms with Crippen LogP contribution < -0.4 is 5.73 Å². The molecule has 0 radical (unpaired) electrons. The Labute approximate surface area is 114 Å². The summed E-state index contributed by atoms with van der Waals surface area (Å²) >= 11 is 0. The maximum absolute atomic E-state index is 6.62. The molecule has 0 amide bonds. The van der Waals surface area contributed by atoms with Crippen LogP contribution in [-0.4, -0.2) is 21.2 Å². The molecule has 0 aliphatic heterocycles. The van der Waals surface area contributed by atoms with Crippen molar-refractivity contribution in [2.45, 2.75) is 57.9 Å². The third-order valence-electron chi connectivity index (χ3n) is 5.92. The van der Waals surface area contributed by atoms with E-state index in [1.165, 1.54) is 38.5 Å². The summed E-state index contributed by atoms with van der Waals surface area (Å²) in [5, 5.41) is 7.20. The Bertz CT molecular complexity index is 443. The Morgan fingerprint density at radius 3 is 2.26 bits per heavy atom. The van der Waals surface area contributed by atoms with Gasteiger partial charge in [0, 0.05) is 12.5 Å². The number of rotatable bonds is 3. The van der Waals surface area contributed by atoms with Gasteiger partial charge in [0.15, 0.2) is 5.82 Å². The van der Waals surface area contributed by atoms with E-state index in [1.807, 2.05) is 6.92 Å². The van der Waals surface area contributed by atoms with Gasteiger partial charge < -0.3 is 5.73 Å². The molecule has 4 nitrogen and oxygen atoms in total. The summed E-state index contributed by atoms with van der Waals surface area (Å²) in [5.41, 5.74) is 7.03. The van der Waals surface area contributed by atoms with Crippen molar-refractivity contribution in [3.63, 3.8) is 0 Å². The van der Waals surface area contributed by atoms with Crippen LogP contribution in [-0.2, 0) is 6.42 Å².